The van der Waals surface area contributed by atoms with Gasteiger partial charge in [0.1, 0.15) is 5.75 Å². The maximum absolute atomic E-state index is 11.8. The Balaban J connectivity index is 1.67. The van der Waals surface area contributed by atoms with E-state index in [1.807, 2.05) is 31.2 Å². The predicted octanol–water partition coefficient (Wildman–Crippen LogP) is 3.14. The molecule has 0 unspecified atom stereocenters. The normalized spacial score (nSPS) is 30.3. The average molecular weight is 347 g/mol. The van der Waals surface area contributed by atoms with Crippen LogP contribution in [0.25, 0.3) is 0 Å². The first-order valence-corrected chi connectivity index (χ1v) is 9.34. The van der Waals surface area contributed by atoms with Gasteiger partial charge in [-0.05, 0) is 50.3 Å². The second-order valence-electron chi connectivity index (χ2n) is 7.16. The number of likely N-dealkylation sites (tertiary alicyclic amines) is 1. The van der Waals surface area contributed by atoms with E-state index in [0.29, 0.717) is 18.7 Å². The molecule has 1 heterocycles. The van der Waals surface area contributed by atoms with Crippen molar-refractivity contribution in [2.24, 2.45) is 5.92 Å². The molecule has 5 nitrogen and oxygen atoms in total. The Kier molecular flexibility index (Phi) is 5.97. The minimum absolute atomic E-state index is 0.0491. The van der Waals surface area contributed by atoms with Gasteiger partial charge in [0, 0.05) is 31.7 Å². The molecule has 1 aliphatic carbocycles. The van der Waals surface area contributed by atoms with Gasteiger partial charge < -0.3 is 14.6 Å². The average Bonchev–Trinajstić information content (AvgIpc) is 3.08. The standard InChI is InChI=1S/C20H29NO4/c1-3-25-17-10-6-15(7-11-17)21-12-18(19(13-21)20(22)23)14-4-8-16(24-2)9-5-14/h4-5,8-9,15,17-19H,3,6-7,10-13H2,1-2H3,(H,22,23)/t15-,17+,18-,19+/m0/s1. The van der Waals surface area contributed by atoms with E-state index >= 15 is 0 Å². The first kappa shape index (κ1) is 18.2. The van der Waals surface area contributed by atoms with E-state index in [2.05, 4.69) is 4.90 Å². The molecule has 1 saturated carbocycles. The zero-order valence-electron chi connectivity index (χ0n) is 15.2. The van der Waals surface area contributed by atoms with Crippen LogP contribution < -0.4 is 4.74 Å². The lowest BCUT2D eigenvalue weighted by Gasteiger charge is -2.34. The third-order valence-electron chi connectivity index (χ3n) is 5.77. The minimum atomic E-state index is -0.689. The highest BCUT2D eigenvalue weighted by molar-refractivity contribution is 5.72. The van der Waals surface area contributed by atoms with Crippen LogP contribution in [0.1, 0.15) is 44.1 Å². The third kappa shape index (κ3) is 4.15. The van der Waals surface area contributed by atoms with E-state index in [9.17, 15) is 9.90 Å². The molecule has 2 aliphatic rings. The predicted molar refractivity (Wildman–Crippen MR) is 96.1 cm³/mol. The van der Waals surface area contributed by atoms with Crippen molar-refractivity contribution in [2.75, 3.05) is 26.8 Å². The van der Waals surface area contributed by atoms with E-state index < -0.39 is 5.97 Å². The van der Waals surface area contributed by atoms with Gasteiger partial charge in [0.2, 0.25) is 0 Å². The largest absolute Gasteiger partial charge is 0.497 e. The number of hydrogen-bond donors (Lipinski definition) is 1. The van der Waals surface area contributed by atoms with Crippen LogP contribution in [0.3, 0.4) is 0 Å². The molecule has 3 rings (SSSR count). The number of methoxy groups -OCH3 is 1. The summed E-state index contributed by atoms with van der Waals surface area (Å²) in [5.74, 6) is -0.169. The highest BCUT2D eigenvalue weighted by Gasteiger charge is 2.41. The van der Waals surface area contributed by atoms with Crippen molar-refractivity contribution in [3.8, 4) is 5.75 Å². The number of carboxylic acids is 1. The first-order chi connectivity index (χ1) is 12.1. The van der Waals surface area contributed by atoms with Crippen LogP contribution in [-0.2, 0) is 9.53 Å². The van der Waals surface area contributed by atoms with Gasteiger partial charge in [-0.15, -0.1) is 0 Å². The molecule has 2 atom stereocenters. The topological polar surface area (TPSA) is 59.0 Å². The van der Waals surface area contributed by atoms with Crippen molar-refractivity contribution in [1.82, 2.24) is 4.90 Å². The van der Waals surface area contributed by atoms with Crippen molar-refractivity contribution in [3.63, 3.8) is 0 Å². The lowest BCUT2D eigenvalue weighted by atomic mass is 9.89. The fourth-order valence-corrected chi connectivity index (χ4v) is 4.38. The van der Waals surface area contributed by atoms with Gasteiger partial charge in [-0.25, -0.2) is 0 Å². The van der Waals surface area contributed by atoms with Crippen LogP contribution in [0.4, 0.5) is 0 Å². The molecule has 25 heavy (non-hydrogen) atoms. The summed E-state index contributed by atoms with van der Waals surface area (Å²) in [6.07, 6.45) is 4.76. The fourth-order valence-electron chi connectivity index (χ4n) is 4.38. The van der Waals surface area contributed by atoms with Gasteiger partial charge in [-0.2, -0.15) is 0 Å². The zero-order chi connectivity index (χ0) is 17.8. The summed E-state index contributed by atoms with van der Waals surface area (Å²) in [5.41, 5.74) is 1.10. The number of carboxylic acid groups (broad SMARTS) is 1. The monoisotopic (exact) mass is 347 g/mol. The summed E-state index contributed by atoms with van der Waals surface area (Å²) in [5, 5.41) is 9.70. The number of aliphatic carboxylic acids is 1. The molecule has 1 saturated heterocycles. The Labute approximate surface area is 149 Å². The summed E-state index contributed by atoms with van der Waals surface area (Å²) >= 11 is 0. The van der Waals surface area contributed by atoms with Crippen LogP contribution in [-0.4, -0.2) is 54.9 Å². The number of ether oxygens (including phenoxy) is 2. The van der Waals surface area contributed by atoms with Crippen LogP contribution in [0, 0.1) is 5.92 Å². The number of carbonyl (C=O) groups is 1. The van der Waals surface area contributed by atoms with Gasteiger partial charge in [0.05, 0.1) is 19.1 Å². The van der Waals surface area contributed by atoms with Crippen LogP contribution in [0.2, 0.25) is 0 Å². The molecule has 1 aliphatic heterocycles. The Hall–Kier alpha value is -1.59. The summed E-state index contributed by atoms with van der Waals surface area (Å²) in [4.78, 5) is 14.2. The van der Waals surface area contributed by atoms with Crippen molar-refractivity contribution in [1.29, 1.82) is 0 Å². The Morgan fingerprint density at radius 3 is 2.40 bits per heavy atom. The Morgan fingerprint density at radius 1 is 1.16 bits per heavy atom. The molecule has 0 radical (unpaired) electrons. The van der Waals surface area contributed by atoms with E-state index in [1.165, 1.54) is 0 Å². The van der Waals surface area contributed by atoms with Gasteiger partial charge in [-0.1, -0.05) is 12.1 Å². The van der Waals surface area contributed by atoms with Crippen LogP contribution in [0.15, 0.2) is 24.3 Å². The highest BCUT2D eigenvalue weighted by Crippen LogP contribution is 2.37. The molecular weight excluding hydrogens is 318 g/mol. The SMILES string of the molecule is CCO[C@H]1CC[C@@H](N2C[C@@H](C(=O)O)[C@H](c3ccc(OC)cc3)C2)CC1. The van der Waals surface area contributed by atoms with Crippen LogP contribution in [0.5, 0.6) is 5.75 Å². The molecule has 0 spiro atoms. The molecule has 1 aromatic carbocycles. The molecular formula is C20H29NO4. The molecule has 0 bridgehead atoms. The molecule has 0 amide bonds. The number of rotatable bonds is 6. The quantitative estimate of drug-likeness (QED) is 0.857. The fraction of sp³-hybridized carbons (Fsp3) is 0.650. The number of benzene rings is 1. The molecule has 0 aromatic heterocycles. The van der Waals surface area contributed by atoms with Gasteiger partial charge >= 0.3 is 5.97 Å². The van der Waals surface area contributed by atoms with Crippen molar-refractivity contribution in [3.05, 3.63) is 29.8 Å². The summed E-state index contributed by atoms with van der Waals surface area (Å²) in [6.45, 7) is 4.30. The summed E-state index contributed by atoms with van der Waals surface area (Å²) in [7, 11) is 1.64. The maximum Gasteiger partial charge on any atom is 0.308 e. The second-order valence-corrected chi connectivity index (χ2v) is 7.16. The van der Waals surface area contributed by atoms with Crippen molar-refractivity contribution in [2.45, 2.75) is 50.7 Å². The van der Waals surface area contributed by atoms with E-state index in [4.69, 9.17) is 9.47 Å². The molecule has 1 aromatic rings. The molecule has 2 fully saturated rings. The lowest BCUT2D eigenvalue weighted by Crippen LogP contribution is -2.38. The second kappa shape index (κ2) is 8.19. The zero-order valence-corrected chi connectivity index (χ0v) is 15.2. The number of hydrogen-bond acceptors (Lipinski definition) is 4. The molecule has 138 valence electrons. The summed E-state index contributed by atoms with van der Waals surface area (Å²) in [6, 6.07) is 8.35. The maximum atomic E-state index is 11.8. The van der Waals surface area contributed by atoms with Crippen LogP contribution >= 0.6 is 0 Å². The minimum Gasteiger partial charge on any atom is -0.497 e. The van der Waals surface area contributed by atoms with E-state index in [0.717, 1.165) is 50.1 Å². The van der Waals surface area contributed by atoms with E-state index in [1.54, 1.807) is 7.11 Å². The molecule has 5 heteroatoms. The Morgan fingerprint density at radius 2 is 1.84 bits per heavy atom. The lowest BCUT2D eigenvalue weighted by molar-refractivity contribution is -0.141. The molecule has 1 N–H and O–H groups in total. The van der Waals surface area contributed by atoms with Gasteiger partial charge in [-0.3, -0.25) is 9.69 Å². The summed E-state index contributed by atoms with van der Waals surface area (Å²) < 4.78 is 11.0. The highest BCUT2D eigenvalue weighted by atomic mass is 16.5. The smallest absolute Gasteiger partial charge is 0.308 e. The van der Waals surface area contributed by atoms with E-state index in [-0.39, 0.29) is 11.8 Å². The van der Waals surface area contributed by atoms with Gasteiger partial charge in [0.15, 0.2) is 0 Å². The van der Waals surface area contributed by atoms with Crippen molar-refractivity contribution < 1.29 is 19.4 Å². The third-order valence-corrected chi connectivity index (χ3v) is 5.77. The van der Waals surface area contributed by atoms with Crippen molar-refractivity contribution >= 4 is 5.97 Å². The Bertz CT molecular complexity index is 566. The van der Waals surface area contributed by atoms with Gasteiger partial charge in [0.25, 0.3) is 0 Å². The first-order valence-electron chi connectivity index (χ1n) is 9.34. The number of nitrogens with zero attached hydrogens (tertiary/aromatic N) is 1.